The minimum Gasteiger partial charge on any atom is -0.291 e. The molecular weight excluding hydrogens is 280 g/mol. The van der Waals surface area contributed by atoms with Gasteiger partial charge in [-0.2, -0.15) is 5.06 Å². The van der Waals surface area contributed by atoms with Crippen LogP contribution in [0, 0.1) is 0 Å². The number of nitrogens with one attached hydrogen (secondary N) is 1. The van der Waals surface area contributed by atoms with Crippen LogP contribution in [0.2, 0.25) is 0 Å². The van der Waals surface area contributed by atoms with Crippen LogP contribution in [0.15, 0.2) is 61.2 Å². The van der Waals surface area contributed by atoms with Crippen LogP contribution in [-0.2, 0) is 9.63 Å². The molecule has 1 amide bonds. The molecule has 0 unspecified atom stereocenters. The molecule has 0 aliphatic heterocycles. The fraction of sp³-hybridized carbons (Fsp3) is 0.118. The third kappa shape index (κ3) is 3.33. The van der Waals surface area contributed by atoms with E-state index >= 15 is 0 Å². The monoisotopic (exact) mass is 298 g/mol. The Morgan fingerprint density at radius 2 is 1.82 bits per heavy atom. The van der Waals surface area contributed by atoms with Gasteiger partial charge in [-0.3, -0.25) is 20.3 Å². The topological polar surface area (TPSA) is 61.8 Å². The highest BCUT2D eigenvalue weighted by molar-refractivity contribution is 6.25. The fourth-order valence-electron chi connectivity index (χ4n) is 2.00. The van der Waals surface area contributed by atoms with E-state index in [0.29, 0.717) is 29.1 Å². The smallest absolute Gasteiger partial charge is 0.282 e. The Balaban J connectivity index is 2.35. The number of carbonyl (C=O) groups is 1. The minimum atomic E-state index is -0.393. The Labute approximate surface area is 129 Å². The molecule has 0 saturated carbocycles. The lowest BCUT2D eigenvalue weighted by molar-refractivity contribution is -0.120. The number of nitrogens with zero attached hydrogens (tertiary/aromatic N) is 1. The summed E-state index contributed by atoms with van der Waals surface area (Å²) in [5, 5.41) is 10.3. The first-order chi connectivity index (χ1) is 10.7. The van der Waals surface area contributed by atoms with Crippen molar-refractivity contribution in [3.05, 3.63) is 66.7 Å². The Morgan fingerprint density at radius 1 is 1.18 bits per heavy atom. The summed E-state index contributed by atoms with van der Waals surface area (Å²) in [4.78, 5) is 18.1. The first kappa shape index (κ1) is 15.8. The predicted octanol–water partition coefficient (Wildman–Crippen LogP) is 3.49. The standard InChI is InChI=1S/C17H18N2O3/c1-3-22-19(16-12-8-7-11-15(16)18-21)17(20)13(2)14-9-5-4-6-10-14/h4-12,18,21H,2-3H2,1H3. The van der Waals surface area contributed by atoms with Crippen molar-refractivity contribution >= 4 is 22.9 Å². The summed E-state index contributed by atoms with van der Waals surface area (Å²) < 4.78 is 0. The number of para-hydroxylation sites is 2. The molecule has 2 aromatic rings. The number of rotatable bonds is 6. The zero-order valence-electron chi connectivity index (χ0n) is 12.3. The Morgan fingerprint density at radius 3 is 2.45 bits per heavy atom. The van der Waals surface area contributed by atoms with E-state index in [0.717, 1.165) is 5.06 Å². The molecule has 0 heterocycles. The van der Waals surface area contributed by atoms with Gasteiger partial charge in [0.2, 0.25) is 0 Å². The minimum absolute atomic E-state index is 0.299. The number of amides is 1. The van der Waals surface area contributed by atoms with Crippen LogP contribution in [0.5, 0.6) is 0 Å². The lowest BCUT2D eigenvalue weighted by Crippen LogP contribution is -2.32. The Kier molecular flexibility index (Phi) is 5.30. The molecule has 0 aliphatic rings. The van der Waals surface area contributed by atoms with E-state index in [1.54, 1.807) is 43.3 Å². The number of hydroxylamine groups is 1. The maximum atomic E-state index is 12.7. The summed E-state index contributed by atoms with van der Waals surface area (Å²) in [6.45, 7) is 5.93. The highest BCUT2D eigenvalue weighted by Crippen LogP contribution is 2.28. The van der Waals surface area contributed by atoms with Crippen LogP contribution in [0.3, 0.4) is 0 Å². The van der Waals surface area contributed by atoms with Gasteiger partial charge in [0.05, 0.1) is 18.0 Å². The molecule has 0 aromatic heterocycles. The van der Waals surface area contributed by atoms with Crippen LogP contribution in [0.1, 0.15) is 12.5 Å². The molecule has 2 aromatic carbocycles. The molecule has 0 fully saturated rings. The highest BCUT2D eigenvalue weighted by Gasteiger charge is 2.22. The number of hydrogen-bond acceptors (Lipinski definition) is 4. The van der Waals surface area contributed by atoms with Crippen molar-refractivity contribution in [2.24, 2.45) is 0 Å². The molecule has 22 heavy (non-hydrogen) atoms. The van der Waals surface area contributed by atoms with Crippen molar-refractivity contribution in [3.63, 3.8) is 0 Å². The quantitative estimate of drug-likeness (QED) is 0.633. The van der Waals surface area contributed by atoms with Crippen molar-refractivity contribution in [1.29, 1.82) is 0 Å². The fourth-order valence-corrected chi connectivity index (χ4v) is 2.00. The van der Waals surface area contributed by atoms with Crippen molar-refractivity contribution in [2.45, 2.75) is 6.92 Å². The Hall–Kier alpha value is -2.63. The molecule has 0 atom stereocenters. The maximum absolute atomic E-state index is 12.7. The zero-order valence-corrected chi connectivity index (χ0v) is 12.3. The average Bonchev–Trinajstić information content (AvgIpc) is 2.59. The van der Waals surface area contributed by atoms with E-state index in [1.165, 1.54) is 0 Å². The number of hydrogen-bond donors (Lipinski definition) is 2. The van der Waals surface area contributed by atoms with E-state index < -0.39 is 5.91 Å². The van der Waals surface area contributed by atoms with E-state index in [4.69, 9.17) is 4.84 Å². The molecule has 0 spiro atoms. The first-order valence-electron chi connectivity index (χ1n) is 6.89. The van der Waals surface area contributed by atoms with E-state index in [1.807, 2.05) is 18.2 Å². The van der Waals surface area contributed by atoms with Gasteiger partial charge < -0.3 is 0 Å². The van der Waals surface area contributed by atoms with Gasteiger partial charge in [0, 0.05) is 5.57 Å². The number of benzene rings is 2. The molecule has 5 heteroatoms. The van der Waals surface area contributed by atoms with Gasteiger partial charge >= 0.3 is 0 Å². The summed E-state index contributed by atoms with van der Waals surface area (Å²) in [7, 11) is 0. The second-order valence-electron chi connectivity index (χ2n) is 4.49. The van der Waals surface area contributed by atoms with Gasteiger partial charge in [-0.15, -0.1) is 0 Å². The van der Waals surface area contributed by atoms with Crippen molar-refractivity contribution in [2.75, 3.05) is 17.2 Å². The normalized spacial score (nSPS) is 10.1. The highest BCUT2D eigenvalue weighted by atomic mass is 16.7. The van der Waals surface area contributed by atoms with Crippen LogP contribution in [-0.4, -0.2) is 17.7 Å². The van der Waals surface area contributed by atoms with Crippen molar-refractivity contribution in [1.82, 2.24) is 0 Å². The predicted molar refractivity (Wildman–Crippen MR) is 86.4 cm³/mol. The van der Waals surface area contributed by atoms with Crippen LogP contribution < -0.4 is 10.5 Å². The Bertz CT molecular complexity index is 656. The molecule has 0 radical (unpaired) electrons. The third-order valence-corrected chi connectivity index (χ3v) is 3.07. The van der Waals surface area contributed by atoms with E-state index in [9.17, 15) is 10.0 Å². The third-order valence-electron chi connectivity index (χ3n) is 3.07. The molecule has 2 N–H and O–H groups in total. The maximum Gasteiger partial charge on any atom is 0.282 e. The summed E-state index contributed by atoms with van der Waals surface area (Å²) in [5.74, 6) is -0.393. The van der Waals surface area contributed by atoms with Gasteiger partial charge in [-0.25, -0.2) is 0 Å². The summed E-state index contributed by atoms with van der Waals surface area (Å²) >= 11 is 0. The van der Waals surface area contributed by atoms with Crippen molar-refractivity contribution < 1.29 is 14.8 Å². The molecule has 0 bridgehead atoms. The van der Waals surface area contributed by atoms with Gasteiger partial charge in [0.1, 0.15) is 0 Å². The van der Waals surface area contributed by atoms with Gasteiger partial charge in [-0.05, 0) is 24.6 Å². The number of anilines is 2. The summed E-state index contributed by atoms with van der Waals surface area (Å²) in [6.07, 6.45) is 0. The van der Waals surface area contributed by atoms with Gasteiger partial charge in [0.25, 0.3) is 5.91 Å². The number of carbonyl (C=O) groups excluding carboxylic acids is 1. The molecule has 114 valence electrons. The van der Waals surface area contributed by atoms with E-state index in [-0.39, 0.29) is 0 Å². The molecule has 0 aliphatic carbocycles. The molecule has 2 rings (SSSR count). The van der Waals surface area contributed by atoms with Crippen LogP contribution >= 0.6 is 0 Å². The van der Waals surface area contributed by atoms with Crippen molar-refractivity contribution in [3.8, 4) is 0 Å². The molecule has 0 saturated heterocycles. The first-order valence-corrected chi connectivity index (χ1v) is 6.89. The second kappa shape index (κ2) is 7.40. The van der Waals surface area contributed by atoms with Gasteiger partial charge in [-0.1, -0.05) is 49.0 Å². The van der Waals surface area contributed by atoms with E-state index in [2.05, 4.69) is 12.1 Å². The average molecular weight is 298 g/mol. The lowest BCUT2D eigenvalue weighted by Gasteiger charge is -2.24. The zero-order chi connectivity index (χ0) is 15.9. The molecular formula is C17H18N2O3. The second-order valence-corrected chi connectivity index (χ2v) is 4.49. The molecule has 5 nitrogen and oxygen atoms in total. The summed E-state index contributed by atoms with van der Waals surface area (Å²) in [5.41, 5.74) is 3.86. The van der Waals surface area contributed by atoms with Crippen LogP contribution in [0.25, 0.3) is 5.57 Å². The largest absolute Gasteiger partial charge is 0.291 e. The van der Waals surface area contributed by atoms with Gasteiger partial charge in [0.15, 0.2) is 0 Å². The summed E-state index contributed by atoms with van der Waals surface area (Å²) in [6, 6.07) is 15.9. The van der Waals surface area contributed by atoms with Crippen LogP contribution in [0.4, 0.5) is 11.4 Å². The lowest BCUT2D eigenvalue weighted by atomic mass is 10.1. The SMILES string of the molecule is C=C(C(=O)N(OCC)c1ccccc1NO)c1ccccc1.